The fourth-order valence-corrected chi connectivity index (χ4v) is 12.5. The molecule has 0 saturated heterocycles. The van der Waals surface area contributed by atoms with Crippen LogP contribution in [-0.2, 0) is 16.2 Å². The van der Waals surface area contributed by atoms with Crippen molar-refractivity contribution in [2.24, 2.45) is 0 Å². The molecule has 3 aliphatic carbocycles. The third-order valence-corrected chi connectivity index (χ3v) is 15.5. The van der Waals surface area contributed by atoms with E-state index in [4.69, 9.17) is 4.98 Å². The zero-order valence-electron chi connectivity index (χ0n) is 41.9. The van der Waals surface area contributed by atoms with Crippen LogP contribution >= 0.6 is 0 Å². The number of benzene rings is 6. The molecule has 0 atom stereocenters. The Morgan fingerprint density at radius 1 is 0.351 bits per heavy atom. The van der Waals surface area contributed by atoms with Gasteiger partial charge in [-0.15, -0.1) is 0 Å². The Balaban J connectivity index is 0.000000118. The van der Waals surface area contributed by atoms with Crippen molar-refractivity contribution in [2.45, 2.75) is 57.8 Å². The van der Waals surface area contributed by atoms with E-state index in [9.17, 15) is 15.3 Å². The second-order valence-corrected chi connectivity index (χ2v) is 20.7. The van der Waals surface area contributed by atoms with Gasteiger partial charge in [0.15, 0.2) is 0 Å². The zero-order valence-corrected chi connectivity index (χ0v) is 41.9. The van der Waals surface area contributed by atoms with Crippen LogP contribution in [0.3, 0.4) is 0 Å². The summed E-state index contributed by atoms with van der Waals surface area (Å²) in [6.07, 6.45) is 10.9. The number of hydrogen-bond donors (Lipinski definition) is 1. The maximum Gasteiger partial charge on any atom is 2.00 e. The summed E-state index contributed by atoms with van der Waals surface area (Å²) in [5.41, 5.74) is 13.2. The van der Waals surface area contributed by atoms with E-state index in [-0.39, 0.29) is 48.0 Å². The first-order chi connectivity index (χ1) is 34.8. The molecule has 1 N–H and O–H groups in total. The fraction of sp³-hybridized carbons (Fsp3) is 0.143. The average Bonchev–Trinajstić information content (AvgIpc) is 3.91. The van der Waals surface area contributed by atoms with E-state index in [1.807, 2.05) is 122 Å². The Labute approximate surface area is 435 Å². The molecule has 3 aliphatic rings. The van der Waals surface area contributed by atoms with E-state index in [1.54, 1.807) is 24.5 Å². The number of fused-ring (bicyclic) bond motifs is 21. The molecule has 0 fully saturated rings. The number of hydrogen-bond acceptors (Lipinski definition) is 9. The van der Waals surface area contributed by atoms with Crippen molar-refractivity contribution in [3.8, 4) is 51.0 Å². The van der Waals surface area contributed by atoms with Gasteiger partial charge in [-0.25, -0.2) is 0 Å². The second-order valence-electron chi connectivity index (χ2n) is 20.7. The Morgan fingerprint density at radius 2 is 0.649 bits per heavy atom. The molecule has 15 rings (SSSR count). The van der Waals surface area contributed by atoms with Gasteiger partial charge in [-0.3, -0.25) is 29.9 Å². The molecule has 6 aromatic heterocycles. The topological polar surface area (TPSA) is 144 Å². The molecule has 0 aliphatic heterocycles. The molecule has 6 aromatic carbocycles. The Kier molecular flexibility index (Phi) is 11.0. The molecular formula is C63H46Be2N6O3+2. The summed E-state index contributed by atoms with van der Waals surface area (Å²) in [7, 11) is 0. The van der Waals surface area contributed by atoms with Gasteiger partial charge in [0.25, 0.3) is 0 Å². The zero-order chi connectivity index (χ0) is 49.4. The van der Waals surface area contributed by atoms with Crippen LogP contribution in [0.15, 0.2) is 165 Å². The van der Waals surface area contributed by atoms with Gasteiger partial charge in [-0.2, -0.15) is 0 Å². The quantitative estimate of drug-likeness (QED) is 0.147. The van der Waals surface area contributed by atoms with Crippen molar-refractivity contribution in [1.82, 2.24) is 29.9 Å². The second kappa shape index (κ2) is 17.1. The van der Waals surface area contributed by atoms with Crippen molar-refractivity contribution in [2.75, 3.05) is 0 Å². The van der Waals surface area contributed by atoms with Gasteiger partial charge >= 0.3 is 20.2 Å². The average molecular weight is 953 g/mol. The monoisotopic (exact) mass is 952 g/mol. The van der Waals surface area contributed by atoms with Crippen LogP contribution in [0.5, 0.6) is 17.2 Å². The van der Waals surface area contributed by atoms with Crippen molar-refractivity contribution in [3.05, 3.63) is 198 Å². The first kappa shape index (κ1) is 47.8. The van der Waals surface area contributed by atoms with Crippen molar-refractivity contribution < 1.29 is 15.3 Å². The maximum atomic E-state index is 12.9. The molecular weight excluding hydrogens is 907 g/mol. The van der Waals surface area contributed by atoms with Crippen LogP contribution in [0.1, 0.15) is 74.9 Å². The van der Waals surface area contributed by atoms with Gasteiger partial charge in [0, 0.05) is 91.8 Å². The Bertz CT molecular complexity index is 3890. The van der Waals surface area contributed by atoms with Gasteiger partial charge in [-0.05, 0) is 103 Å². The fourth-order valence-electron chi connectivity index (χ4n) is 12.5. The van der Waals surface area contributed by atoms with Gasteiger partial charge in [0.1, 0.15) is 5.75 Å². The van der Waals surface area contributed by atoms with Crippen LogP contribution in [-0.4, -0.2) is 55.3 Å². The SMILES string of the molecule is CC1(C)c2c(c(O)cc3ccccc23)-c2ncc3cccnc3c21.CC1(C)c2c(c([O-])cc3ccccc23)-c2ncc3cccnc3c21.CC1(C)c2c(c([O-])cc3ccccc23)-c2ncc3cccnc3c21.[Be+2].[Be+2]. The minimum Gasteiger partial charge on any atom is -0.872 e. The normalized spacial score (nSPS) is 14.4. The maximum absolute atomic E-state index is 12.9. The minimum atomic E-state index is -0.314. The van der Waals surface area contributed by atoms with E-state index in [0.29, 0.717) is 5.75 Å². The van der Waals surface area contributed by atoms with Gasteiger partial charge in [0.05, 0.1) is 33.6 Å². The van der Waals surface area contributed by atoms with Crippen LogP contribution in [0, 0.1) is 0 Å². The third kappa shape index (κ3) is 6.70. The smallest absolute Gasteiger partial charge is 0.872 e. The van der Waals surface area contributed by atoms with Gasteiger partial charge < -0.3 is 15.3 Å². The molecule has 0 spiro atoms. The summed E-state index contributed by atoms with van der Waals surface area (Å²) in [5.74, 6) is 0.370. The summed E-state index contributed by atoms with van der Waals surface area (Å²) in [6.45, 7) is 13.1. The van der Waals surface area contributed by atoms with E-state index < -0.39 is 0 Å². The first-order valence-electron chi connectivity index (χ1n) is 24.2. The molecule has 74 heavy (non-hydrogen) atoms. The number of nitrogens with zero attached hydrogens (tertiary/aromatic N) is 6. The van der Waals surface area contributed by atoms with Gasteiger partial charge in [-0.1, -0.05) is 138 Å². The summed E-state index contributed by atoms with van der Waals surface area (Å²) < 4.78 is 0. The number of phenolic OH excluding ortho intramolecular Hbond substituents is 1. The van der Waals surface area contributed by atoms with E-state index in [2.05, 4.69) is 84.7 Å². The number of aromatic nitrogens is 6. The molecule has 0 unspecified atom stereocenters. The minimum absolute atomic E-state index is 0. The molecule has 9 nitrogen and oxygen atoms in total. The largest absolute Gasteiger partial charge is 2.00 e. The van der Waals surface area contributed by atoms with Gasteiger partial charge in [0.2, 0.25) is 0 Å². The summed E-state index contributed by atoms with van der Waals surface area (Å²) in [6, 6.07) is 41.5. The number of aromatic hydroxyl groups is 1. The van der Waals surface area contributed by atoms with Crippen molar-refractivity contribution in [1.29, 1.82) is 0 Å². The van der Waals surface area contributed by atoms with E-state index >= 15 is 0 Å². The van der Waals surface area contributed by atoms with Crippen molar-refractivity contribution >= 4 is 85.3 Å². The molecule has 0 amide bonds. The van der Waals surface area contributed by atoms with Crippen LogP contribution < -0.4 is 10.2 Å². The summed E-state index contributed by atoms with van der Waals surface area (Å²) in [5, 5.41) is 45.9. The van der Waals surface area contributed by atoms with Crippen LogP contribution in [0.4, 0.5) is 0 Å². The standard InChI is InChI=1S/3C21H16N2O.2Be/c3*1-21(2)17-14-8-4-3-6-12(14)10-15(24)16(17)20-18(21)19-13(11-23-20)7-5-9-22-19;;/h3*3-11,24H,1-2H3;;/q;;;2*+2/p-2. The van der Waals surface area contributed by atoms with Crippen molar-refractivity contribution in [3.63, 3.8) is 0 Å². The Hall–Kier alpha value is -8.48. The number of rotatable bonds is 0. The molecule has 0 saturated carbocycles. The third-order valence-electron chi connectivity index (χ3n) is 15.5. The van der Waals surface area contributed by atoms with Crippen LogP contribution in [0.2, 0.25) is 0 Å². The predicted molar refractivity (Wildman–Crippen MR) is 296 cm³/mol. The van der Waals surface area contributed by atoms with Crippen LogP contribution in [0.25, 0.3) is 98.8 Å². The predicted octanol–water partition coefficient (Wildman–Crippen LogP) is 12.4. The molecule has 0 radical (unpaired) electrons. The molecule has 348 valence electrons. The van der Waals surface area contributed by atoms with E-state index in [0.717, 1.165) is 132 Å². The summed E-state index contributed by atoms with van der Waals surface area (Å²) in [4.78, 5) is 27.8. The first-order valence-corrected chi connectivity index (χ1v) is 24.2. The Morgan fingerprint density at radius 3 is 1.01 bits per heavy atom. The molecule has 11 heteroatoms. The van der Waals surface area contributed by atoms with E-state index in [1.165, 1.54) is 0 Å². The molecule has 6 heterocycles. The molecule has 12 aromatic rings. The number of pyridine rings is 6. The summed E-state index contributed by atoms with van der Waals surface area (Å²) >= 11 is 0. The molecule has 0 bridgehead atoms. The number of phenols is 1.